The zero-order valence-electron chi connectivity index (χ0n) is 66.8. The lowest BCUT2D eigenvalue weighted by Crippen LogP contribution is -2.30. The van der Waals surface area contributed by atoms with E-state index in [4.69, 9.17) is 37.0 Å². The van der Waals surface area contributed by atoms with Gasteiger partial charge in [-0.25, -0.2) is 9.13 Å². The van der Waals surface area contributed by atoms with Crippen LogP contribution in [0.5, 0.6) is 0 Å². The molecule has 0 fully saturated rings. The molecule has 3 N–H and O–H groups in total. The Morgan fingerprint density at radius 1 is 0.272 bits per heavy atom. The Morgan fingerprint density at radius 3 is 0.709 bits per heavy atom. The molecule has 103 heavy (non-hydrogen) atoms. The highest BCUT2D eigenvalue weighted by Gasteiger charge is 2.30. The predicted molar refractivity (Wildman–Crippen MR) is 423 cm³/mol. The second-order valence-corrected chi connectivity index (χ2v) is 32.4. The van der Waals surface area contributed by atoms with Crippen LogP contribution in [0.3, 0.4) is 0 Å². The fourth-order valence-corrected chi connectivity index (χ4v) is 14.2. The zero-order valence-corrected chi connectivity index (χ0v) is 68.6. The minimum absolute atomic E-state index is 0.0857. The molecule has 0 rings (SSSR count). The van der Waals surface area contributed by atoms with Crippen molar-refractivity contribution < 1.29 is 80.2 Å². The number of hydrogen-bond acceptors (Lipinski definition) is 15. The predicted octanol–water partition coefficient (Wildman–Crippen LogP) is 25.3. The van der Waals surface area contributed by atoms with Crippen LogP contribution in [0.1, 0.15) is 432 Å². The number of esters is 4. The summed E-state index contributed by atoms with van der Waals surface area (Å²) in [7, 11) is -9.93. The normalized spacial score (nSPS) is 13.9. The topological polar surface area (TPSA) is 237 Å². The average Bonchev–Trinajstić information content (AvgIpc) is 1.01. The van der Waals surface area contributed by atoms with E-state index in [2.05, 4.69) is 52.0 Å². The van der Waals surface area contributed by atoms with Gasteiger partial charge in [-0.05, 0) is 51.4 Å². The first-order valence-electron chi connectivity index (χ1n) is 43.1. The van der Waals surface area contributed by atoms with E-state index >= 15 is 0 Å². The van der Waals surface area contributed by atoms with Gasteiger partial charge in [0.05, 0.1) is 26.4 Å². The molecule has 0 aliphatic rings. The van der Waals surface area contributed by atoms with E-state index in [1.165, 1.54) is 250 Å². The Kier molecular flexibility index (Phi) is 75.8. The molecule has 2 unspecified atom stereocenters. The van der Waals surface area contributed by atoms with Crippen LogP contribution in [0.2, 0.25) is 0 Å². The number of aliphatic hydroxyl groups excluding tert-OH is 1. The second-order valence-electron chi connectivity index (χ2n) is 29.5. The average molecular weight is 1500 g/mol. The Bertz CT molecular complexity index is 2040. The summed E-state index contributed by atoms with van der Waals surface area (Å²) in [6, 6.07) is 0. The van der Waals surface area contributed by atoms with Crippen molar-refractivity contribution in [2.75, 3.05) is 39.6 Å². The van der Waals surface area contributed by atoms with Gasteiger partial charge >= 0.3 is 39.5 Å². The Balaban J connectivity index is 5.23. The van der Waals surface area contributed by atoms with Gasteiger partial charge in [-0.3, -0.25) is 37.3 Å². The molecule has 0 saturated carbocycles. The number of hydrogen-bond donors (Lipinski definition) is 3. The van der Waals surface area contributed by atoms with Gasteiger partial charge in [-0.2, -0.15) is 0 Å². The number of rotatable bonds is 83. The number of ether oxygens (including phenoxy) is 4. The summed E-state index contributed by atoms with van der Waals surface area (Å²) in [5.74, 6) is -2.13. The fraction of sp³-hybridized carbons (Fsp3) is 0.905. The summed E-state index contributed by atoms with van der Waals surface area (Å²) in [6.45, 7) is 4.96. The molecule has 0 saturated heterocycles. The standard InChI is InChI=1S/C84H160O17P2/c1-5-9-13-17-21-25-28-31-34-36-38-39-40-42-45-48-51-55-59-63-67-71-84(89)101-80(75-95-82(87)69-65-61-57-53-49-46-44-41-37-35-32-29-26-22-18-14-10-6-2)77-99-103(92,93)97-73-78(85)72-96-102(90,91)98-76-79(74-94-81(86)68-64-60-56-52-24-20-16-12-8-4)100-83(88)70-66-62-58-54-50-47-43-33-30-27-23-19-15-11-7-3/h27,30,33,43,78-80,85H,5-26,28-29,31-32,34-42,44-77H2,1-4H3,(H,90,91)(H,92,93)/b30-27-,43-33-/t78-,79+,80+/m0/s1. The summed E-state index contributed by atoms with van der Waals surface area (Å²) in [4.78, 5) is 73.0. The first-order valence-corrected chi connectivity index (χ1v) is 46.1. The van der Waals surface area contributed by atoms with Crippen LogP contribution in [0.4, 0.5) is 0 Å². The minimum Gasteiger partial charge on any atom is -0.462 e. The van der Waals surface area contributed by atoms with E-state index in [1.807, 2.05) is 0 Å². The van der Waals surface area contributed by atoms with Crippen molar-refractivity contribution in [1.82, 2.24) is 0 Å². The SMILES string of the molecule is CCCCCC/C=C\C=C/CCCCCCCC(=O)O[C@H](COC(=O)CCCCCCCCCCC)COP(=O)(O)OC[C@H](O)COP(=O)(O)OC[C@@H](COC(=O)CCCCCCCCCCCCCCCCCCCC)OC(=O)CCCCCCCCCCCCCCCCCCCCCCC. The van der Waals surface area contributed by atoms with E-state index in [1.54, 1.807) is 0 Å². The van der Waals surface area contributed by atoms with Crippen LogP contribution in [-0.4, -0.2) is 96.7 Å². The van der Waals surface area contributed by atoms with Crippen molar-refractivity contribution >= 4 is 39.5 Å². The third-order valence-corrected chi connectivity index (χ3v) is 21.1. The molecule has 0 spiro atoms. The molecule has 0 aliphatic carbocycles. The molecule has 19 heteroatoms. The summed E-state index contributed by atoms with van der Waals surface area (Å²) in [5.41, 5.74) is 0. The number of aliphatic hydroxyl groups is 1. The van der Waals surface area contributed by atoms with Crippen LogP contribution >= 0.6 is 15.6 Å². The van der Waals surface area contributed by atoms with Crippen molar-refractivity contribution in [2.24, 2.45) is 0 Å². The highest BCUT2D eigenvalue weighted by Crippen LogP contribution is 2.45. The molecule has 0 aromatic heterocycles. The Labute approximate surface area is 631 Å². The van der Waals surface area contributed by atoms with Gasteiger partial charge in [0.15, 0.2) is 12.2 Å². The lowest BCUT2D eigenvalue weighted by atomic mass is 10.0. The molecule has 0 aromatic rings. The zero-order chi connectivity index (χ0) is 75.3. The van der Waals surface area contributed by atoms with Crippen LogP contribution in [0.15, 0.2) is 24.3 Å². The molecular weight excluding hydrogens is 1340 g/mol. The van der Waals surface area contributed by atoms with Crippen LogP contribution in [0.25, 0.3) is 0 Å². The largest absolute Gasteiger partial charge is 0.472 e. The van der Waals surface area contributed by atoms with Crippen LogP contribution in [-0.2, 0) is 65.4 Å². The molecule has 0 radical (unpaired) electrons. The number of carbonyl (C=O) groups excluding carboxylic acids is 4. The summed E-state index contributed by atoms with van der Waals surface area (Å²) in [5, 5.41) is 10.6. The first kappa shape index (κ1) is 101. The summed E-state index contributed by atoms with van der Waals surface area (Å²) in [6.07, 6.45) is 74.5. The quantitative estimate of drug-likeness (QED) is 0.0169. The van der Waals surface area contributed by atoms with Gasteiger partial charge < -0.3 is 33.8 Å². The van der Waals surface area contributed by atoms with Gasteiger partial charge in [0, 0.05) is 25.7 Å². The summed E-state index contributed by atoms with van der Waals surface area (Å²) >= 11 is 0. The van der Waals surface area contributed by atoms with Gasteiger partial charge in [0.25, 0.3) is 0 Å². The van der Waals surface area contributed by atoms with E-state index in [0.717, 1.165) is 103 Å². The fourth-order valence-electron chi connectivity index (χ4n) is 12.6. The minimum atomic E-state index is -4.97. The molecule has 0 heterocycles. The maximum absolute atomic E-state index is 13.1. The van der Waals surface area contributed by atoms with Gasteiger partial charge in [0.1, 0.15) is 19.3 Å². The monoisotopic (exact) mass is 1500 g/mol. The van der Waals surface area contributed by atoms with Gasteiger partial charge in [-0.15, -0.1) is 0 Å². The van der Waals surface area contributed by atoms with Crippen molar-refractivity contribution in [3.05, 3.63) is 24.3 Å². The van der Waals surface area contributed by atoms with Crippen molar-refractivity contribution in [3.8, 4) is 0 Å². The highest BCUT2D eigenvalue weighted by atomic mass is 31.2. The van der Waals surface area contributed by atoms with Gasteiger partial charge in [0.2, 0.25) is 0 Å². The van der Waals surface area contributed by atoms with E-state index in [9.17, 15) is 43.2 Å². The second kappa shape index (κ2) is 77.7. The molecule has 5 atom stereocenters. The third kappa shape index (κ3) is 77.5. The molecule has 0 aliphatic heterocycles. The number of carbonyl (C=O) groups is 4. The van der Waals surface area contributed by atoms with E-state index in [0.29, 0.717) is 25.7 Å². The Hall–Kier alpha value is -2.46. The number of phosphoric acid groups is 2. The first-order chi connectivity index (χ1) is 50.2. The van der Waals surface area contributed by atoms with E-state index in [-0.39, 0.29) is 25.7 Å². The molecular formula is C84H160O17P2. The molecule has 0 amide bonds. The molecule has 0 bridgehead atoms. The lowest BCUT2D eigenvalue weighted by molar-refractivity contribution is -0.161. The summed E-state index contributed by atoms with van der Waals surface area (Å²) < 4.78 is 68.7. The lowest BCUT2D eigenvalue weighted by Gasteiger charge is -2.21. The maximum Gasteiger partial charge on any atom is 0.472 e. The highest BCUT2D eigenvalue weighted by molar-refractivity contribution is 7.47. The molecule has 17 nitrogen and oxygen atoms in total. The van der Waals surface area contributed by atoms with E-state index < -0.39 is 97.5 Å². The molecule has 0 aromatic carbocycles. The number of allylic oxidation sites excluding steroid dienone is 4. The van der Waals surface area contributed by atoms with Crippen LogP contribution < -0.4 is 0 Å². The smallest absolute Gasteiger partial charge is 0.462 e. The maximum atomic E-state index is 13.1. The van der Waals surface area contributed by atoms with Gasteiger partial charge in [-0.1, -0.05) is 379 Å². The van der Waals surface area contributed by atoms with Crippen molar-refractivity contribution in [2.45, 2.75) is 451 Å². The van der Waals surface area contributed by atoms with Crippen molar-refractivity contribution in [3.63, 3.8) is 0 Å². The number of phosphoric ester groups is 2. The number of unbranched alkanes of at least 4 members (excludes halogenated alkanes) is 54. The molecule has 608 valence electrons. The van der Waals surface area contributed by atoms with Crippen LogP contribution in [0, 0.1) is 0 Å². The van der Waals surface area contributed by atoms with Crippen molar-refractivity contribution in [1.29, 1.82) is 0 Å². The Morgan fingerprint density at radius 2 is 0.466 bits per heavy atom. The third-order valence-electron chi connectivity index (χ3n) is 19.2.